The van der Waals surface area contributed by atoms with E-state index in [2.05, 4.69) is 10.2 Å². The Hall–Kier alpha value is -5.25. The average molecular weight is 728 g/mol. The van der Waals surface area contributed by atoms with E-state index < -0.39 is 73.8 Å². The van der Waals surface area contributed by atoms with Gasteiger partial charge >= 0.3 is 17.9 Å². The van der Waals surface area contributed by atoms with Gasteiger partial charge in [0.25, 0.3) is 5.91 Å². The van der Waals surface area contributed by atoms with Crippen LogP contribution in [-0.4, -0.2) is 130 Å². The van der Waals surface area contributed by atoms with Gasteiger partial charge in [-0.1, -0.05) is 38.0 Å². The molecule has 0 bridgehead atoms. The third-order valence-electron chi connectivity index (χ3n) is 9.10. The molecule has 52 heavy (non-hydrogen) atoms. The van der Waals surface area contributed by atoms with Gasteiger partial charge < -0.3 is 44.7 Å². The number of carboxylic acids is 3. The van der Waals surface area contributed by atoms with Gasteiger partial charge in [-0.25, -0.2) is 0 Å². The minimum absolute atomic E-state index is 0.0691. The molecule has 4 N–H and O–H groups in total. The van der Waals surface area contributed by atoms with Gasteiger partial charge in [0.15, 0.2) is 5.76 Å². The van der Waals surface area contributed by atoms with Crippen molar-refractivity contribution in [3.63, 3.8) is 0 Å². The summed E-state index contributed by atoms with van der Waals surface area (Å²) in [6.07, 6.45) is 4.75. The molecular formula is C36H49N5O11. The molecule has 1 atom stereocenters. The Morgan fingerprint density at radius 3 is 2.00 bits per heavy atom. The van der Waals surface area contributed by atoms with Crippen molar-refractivity contribution >= 4 is 47.2 Å². The van der Waals surface area contributed by atoms with Crippen molar-refractivity contribution in [1.82, 2.24) is 20.0 Å². The molecule has 4 amide bonds. The number of aliphatic carboxylic acids is 3. The fourth-order valence-corrected chi connectivity index (χ4v) is 6.39. The summed E-state index contributed by atoms with van der Waals surface area (Å²) < 4.78 is 5.44. The number of carbonyl (C=O) groups excluding carboxylic acids is 4. The van der Waals surface area contributed by atoms with E-state index in [1.165, 1.54) is 6.26 Å². The second-order valence-corrected chi connectivity index (χ2v) is 13.5. The first-order valence-electron chi connectivity index (χ1n) is 17.2. The molecule has 1 aromatic carbocycles. The number of nitrogens with one attached hydrogen (secondary N) is 1. The minimum Gasteiger partial charge on any atom is -0.480 e. The van der Waals surface area contributed by atoms with Crippen LogP contribution in [0.1, 0.15) is 68.5 Å². The number of amides is 4. The number of hydrogen-bond acceptors (Lipinski definition) is 9. The summed E-state index contributed by atoms with van der Waals surface area (Å²) in [7, 11) is 0. The highest BCUT2D eigenvalue weighted by molar-refractivity contribution is 6.04. The Balaban J connectivity index is 1.70. The lowest BCUT2D eigenvalue weighted by molar-refractivity contribution is -0.151. The predicted octanol–water partition coefficient (Wildman–Crippen LogP) is 2.31. The Labute approximate surface area is 302 Å². The van der Waals surface area contributed by atoms with E-state index in [9.17, 15) is 43.8 Å². The predicted molar refractivity (Wildman–Crippen MR) is 187 cm³/mol. The Bertz CT molecular complexity index is 1540. The fourth-order valence-electron chi connectivity index (χ4n) is 6.39. The largest absolute Gasteiger partial charge is 0.480 e. The van der Waals surface area contributed by atoms with Gasteiger partial charge in [0.1, 0.15) is 32.7 Å². The molecule has 284 valence electrons. The molecule has 1 saturated heterocycles. The van der Waals surface area contributed by atoms with Crippen LogP contribution in [0.4, 0.5) is 5.69 Å². The first kappa shape index (κ1) is 41.2. The summed E-state index contributed by atoms with van der Waals surface area (Å²) in [4.78, 5) is 92.0. The highest BCUT2D eigenvalue weighted by Gasteiger charge is 2.35. The molecule has 0 saturated carbocycles. The molecule has 3 rings (SSSR count). The summed E-state index contributed by atoms with van der Waals surface area (Å²) in [5.41, 5.74) is 1.28. The first-order chi connectivity index (χ1) is 24.6. The Morgan fingerprint density at radius 2 is 1.46 bits per heavy atom. The van der Waals surface area contributed by atoms with Crippen LogP contribution in [-0.2, 0) is 28.8 Å². The van der Waals surface area contributed by atoms with Gasteiger partial charge in [-0.15, -0.1) is 0 Å². The zero-order valence-electron chi connectivity index (χ0n) is 29.9. The molecule has 16 nitrogen and oxygen atoms in total. The van der Waals surface area contributed by atoms with Crippen molar-refractivity contribution in [3.05, 3.63) is 54.0 Å². The number of carboxylic acid groups (broad SMARTS) is 3. The maximum absolute atomic E-state index is 13.8. The number of likely N-dealkylation sites (tertiary alicyclic amines) is 1. The standard InChI is InChI=1S/C36H49N5O11/c1-4-13-36(3,19-30(43)39(21-29(42)37-20-32(45)46)22-31(44)40(23-33(47)48)24-34(49)50)14-17-38-15-11-27(12-16-38)41(26-9-7-25(2)8-10-26)35(51)28-6-5-18-52-28/h5-10,18,27H,4,11-17,19-24H2,1-3H3,(H,37,42)(H,45,46)(H,47,48)(H,49,50). The third-order valence-corrected chi connectivity index (χ3v) is 9.10. The van der Waals surface area contributed by atoms with Gasteiger partial charge in [-0.05, 0) is 68.8 Å². The van der Waals surface area contributed by atoms with Crippen LogP contribution in [0.3, 0.4) is 0 Å². The monoisotopic (exact) mass is 727 g/mol. The summed E-state index contributed by atoms with van der Waals surface area (Å²) in [6, 6.07) is 11.0. The van der Waals surface area contributed by atoms with Crippen molar-refractivity contribution in [2.75, 3.05) is 57.3 Å². The van der Waals surface area contributed by atoms with Crippen LogP contribution in [0.5, 0.6) is 0 Å². The van der Waals surface area contributed by atoms with E-state index in [-0.39, 0.29) is 24.1 Å². The maximum atomic E-state index is 13.8. The lowest BCUT2D eigenvalue weighted by Crippen LogP contribution is -2.50. The van der Waals surface area contributed by atoms with Crippen LogP contribution < -0.4 is 10.2 Å². The summed E-state index contributed by atoms with van der Waals surface area (Å²) >= 11 is 0. The Morgan fingerprint density at radius 1 is 0.846 bits per heavy atom. The lowest BCUT2D eigenvalue weighted by atomic mass is 9.78. The molecule has 1 aliphatic rings. The number of hydrogen-bond donors (Lipinski definition) is 4. The molecular weight excluding hydrogens is 678 g/mol. The molecule has 0 radical (unpaired) electrons. The van der Waals surface area contributed by atoms with Crippen LogP contribution in [0.15, 0.2) is 47.1 Å². The zero-order chi connectivity index (χ0) is 38.4. The van der Waals surface area contributed by atoms with Crippen LogP contribution in [0.25, 0.3) is 0 Å². The molecule has 2 aromatic rings. The maximum Gasteiger partial charge on any atom is 0.323 e. The Kier molecular flexibility index (Phi) is 15.3. The first-order valence-corrected chi connectivity index (χ1v) is 17.2. The minimum atomic E-state index is -1.46. The SMILES string of the molecule is CCCC(C)(CCN1CCC(N(C(=O)c2ccco2)c2ccc(C)cc2)CC1)CC(=O)N(CC(=O)NCC(=O)O)CC(=O)N(CC(=O)O)CC(=O)O. The number of anilines is 1. The second-order valence-electron chi connectivity index (χ2n) is 13.5. The number of aryl methyl sites for hydroxylation is 1. The number of furan rings is 1. The summed E-state index contributed by atoms with van der Waals surface area (Å²) in [6.45, 7) is 3.89. The van der Waals surface area contributed by atoms with E-state index in [1.807, 2.05) is 45.0 Å². The molecule has 1 fully saturated rings. The normalized spacial score (nSPS) is 14.5. The fraction of sp³-hybridized carbons (Fsp3) is 0.528. The van der Waals surface area contributed by atoms with E-state index >= 15 is 0 Å². The second kappa shape index (κ2) is 19.4. The quantitative estimate of drug-likeness (QED) is 0.155. The van der Waals surface area contributed by atoms with Crippen molar-refractivity contribution in [3.8, 4) is 0 Å². The molecule has 0 aliphatic carbocycles. The van der Waals surface area contributed by atoms with Crippen molar-refractivity contribution in [2.45, 2.75) is 65.3 Å². The van der Waals surface area contributed by atoms with Crippen molar-refractivity contribution in [2.24, 2.45) is 5.41 Å². The summed E-state index contributed by atoms with van der Waals surface area (Å²) in [5, 5.41) is 29.5. The van der Waals surface area contributed by atoms with Crippen LogP contribution in [0, 0.1) is 12.3 Å². The molecule has 0 spiro atoms. The van der Waals surface area contributed by atoms with Gasteiger partial charge in [0, 0.05) is 31.2 Å². The van der Waals surface area contributed by atoms with E-state index in [4.69, 9.17) is 9.52 Å². The van der Waals surface area contributed by atoms with Crippen molar-refractivity contribution < 1.29 is 53.3 Å². The van der Waals surface area contributed by atoms with Crippen LogP contribution in [0.2, 0.25) is 0 Å². The third kappa shape index (κ3) is 12.8. The average Bonchev–Trinajstić information content (AvgIpc) is 3.62. The smallest absolute Gasteiger partial charge is 0.323 e. The number of rotatable bonds is 20. The lowest BCUT2D eigenvalue weighted by Gasteiger charge is -2.40. The number of benzene rings is 1. The molecule has 2 heterocycles. The van der Waals surface area contributed by atoms with Crippen LogP contribution >= 0.6 is 0 Å². The van der Waals surface area contributed by atoms with E-state index in [0.717, 1.165) is 22.6 Å². The summed E-state index contributed by atoms with van der Waals surface area (Å²) in [5.74, 6) is -6.63. The van der Waals surface area contributed by atoms with Gasteiger partial charge in [0.2, 0.25) is 17.7 Å². The number of carbonyl (C=O) groups is 7. The topological polar surface area (TPSA) is 218 Å². The zero-order valence-corrected chi connectivity index (χ0v) is 29.9. The van der Waals surface area contributed by atoms with Gasteiger partial charge in [-0.2, -0.15) is 0 Å². The molecule has 16 heteroatoms. The van der Waals surface area contributed by atoms with E-state index in [0.29, 0.717) is 50.2 Å². The van der Waals surface area contributed by atoms with E-state index in [1.54, 1.807) is 17.0 Å². The highest BCUT2D eigenvalue weighted by Crippen LogP contribution is 2.34. The highest BCUT2D eigenvalue weighted by atomic mass is 16.4. The van der Waals surface area contributed by atoms with Gasteiger partial charge in [-0.3, -0.25) is 33.6 Å². The number of piperidine rings is 1. The molecule has 1 aliphatic heterocycles. The van der Waals surface area contributed by atoms with Crippen molar-refractivity contribution in [1.29, 1.82) is 0 Å². The molecule has 1 unspecified atom stereocenters. The molecule has 1 aromatic heterocycles. The number of nitrogens with zero attached hydrogens (tertiary/aromatic N) is 4. The van der Waals surface area contributed by atoms with Gasteiger partial charge in [0.05, 0.1) is 6.26 Å².